The monoisotopic (exact) mass is 379 g/mol. The van der Waals surface area contributed by atoms with E-state index in [4.69, 9.17) is 0 Å². The van der Waals surface area contributed by atoms with Crippen LogP contribution < -0.4 is 21.5 Å². The Morgan fingerprint density at radius 1 is 1.00 bits per heavy atom. The van der Waals surface area contributed by atoms with Crippen LogP contribution in [0.5, 0.6) is 0 Å². The van der Waals surface area contributed by atoms with Gasteiger partial charge in [-0.05, 0) is 42.8 Å². The predicted octanol–water partition coefficient (Wildman–Crippen LogP) is 2.57. The third-order valence-corrected chi connectivity index (χ3v) is 4.19. The van der Waals surface area contributed by atoms with E-state index in [1.165, 1.54) is 17.9 Å². The van der Waals surface area contributed by atoms with E-state index in [-0.39, 0.29) is 23.9 Å². The lowest BCUT2D eigenvalue weighted by molar-refractivity contribution is -0.116. The van der Waals surface area contributed by atoms with Gasteiger partial charge in [0, 0.05) is 31.4 Å². The maximum Gasteiger partial charge on any atom is 0.318 e. The molecule has 3 amide bonds. The van der Waals surface area contributed by atoms with E-state index in [0.717, 1.165) is 0 Å². The van der Waals surface area contributed by atoms with Gasteiger partial charge in [-0.25, -0.2) is 9.78 Å². The SMILES string of the molecule is CNC(=O)Nc1ccc(NC(=O)CCCn2cnc3ccccc3c2=O)cc1. The van der Waals surface area contributed by atoms with Gasteiger partial charge >= 0.3 is 6.03 Å². The van der Waals surface area contributed by atoms with Crippen LogP contribution in [0.25, 0.3) is 10.9 Å². The summed E-state index contributed by atoms with van der Waals surface area (Å²) in [5, 5.41) is 8.47. The molecule has 0 unspecified atom stereocenters. The lowest BCUT2D eigenvalue weighted by Gasteiger charge is -2.09. The van der Waals surface area contributed by atoms with Crippen molar-refractivity contribution in [2.75, 3.05) is 17.7 Å². The fourth-order valence-corrected chi connectivity index (χ4v) is 2.73. The molecular weight excluding hydrogens is 358 g/mol. The minimum absolute atomic E-state index is 0.106. The third kappa shape index (κ3) is 4.73. The smallest absolute Gasteiger partial charge is 0.318 e. The van der Waals surface area contributed by atoms with Crippen LogP contribution in [0.3, 0.4) is 0 Å². The van der Waals surface area contributed by atoms with Gasteiger partial charge in [0.15, 0.2) is 0 Å². The number of fused-ring (bicyclic) bond motifs is 1. The van der Waals surface area contributed by atoms with Crippen molar-refractivity contribution in [1.29, 1.82) is 0 Å². The molecule has 2 aromatic carbocycles. The van der Waals surface area contributed by atoms with Gasteiger partial charge in [0.05, 0.1) is 17.2 Å². The van der Waals surface area contributed by atoms with Gasteiger partial charge in [-0.15, -0.1) is 0 Å². The van der Waals surface area contributed by atoms with Crippen LogP contribution in [0.4, 0.5) is 16.2 Å². The Balaban J connectivity index is 1.51. The van der Waals surface area contributed by atoms with Crippen molar-refractivity contribution in [3.05, 3.63) is 65.2 Å². The Kier molecular flexibility index (Phi) is 6.01. The summed E-state index contributed by atoms with van der Waals surface area (Å²) in [6.07, 6.45) is 2.31. The molecule has 0 saturated carbocycles. The number of nitrogens with one attached hydrogen (secondary N) is 3. The molecule has 0 saturated heterocycles. The fraction of sp³-hybridized carbons (Fsp3) is 0.200. The number of carbonyl (C=O) groups excluding carboxylic acids is 2. The number of nitrogens with zero attached hydrogens (tertiary/aromatic N) is 2. The molecule has 0 fully saturated rings. The maximum atomic E-state index is 12.4. The highest BCUT2D eigenvalue weighted by molar-refractivity contribution is 5.92. The number of para-hydroxylation sites is 1. The lowest BCUT2D eigenvalue weighted by Crippen LogP contribution is -2.24. The normalized spacial score (nSPS) is 10.5. The Hall–Kier alpha value is -3.68. The van der Waals surface area contributed by atoms with Gasteiger partial charge < -0.3 is 16.0 Å². The zero-order valence-corrected chi connectivity index (χ0v) is 15.4. The van der Waals surface area contributed by atoms with Gasteiger partial charge in [-0.1, -0.05) is 12.1 Å². The predicted molar refractivity (Wildman–Crippen MR) is 108 cm³/mol. The van der Waals surface area contributed by atoms with Crippen molar-refractivity contribution in [2.45, 2.75) is 19.4 Å². The third-order valence-electron chi connectivity index (χ3n) is 4.19. The molecule has 8 heteroatoms. The number of anilines is 2. The van der Waals surface area contributed by atoms with E-state index in [1.54, 1.807) is 42.5 Å². The molecule has 8 nitrogen and oxygen atoms in total. The highest BCUT2D eigenvalue weighted by Gasteiger charge is 2.06. The van der Waals surface area contributed by atoms with Crippen LogP contribution in [-0.2, 0) is 11.3 Å². The second-order valence-electron chi connectivity index (χ2n) is 6.19. The first-order chi connectivity index (χ1) is 13.6. The van der Waals surface area contributed by atoms with Crippen molar-refractivity contribution < 1.29 is 9.59 Å². The van der Waals surface area contributed by atoms with E-state index in [9.17, 15) is 14.4 Å². The minimum Gasteiger partial charge on any atom is -0.341 e. The van der Waals surface area contributed by atoms with Gasteiger partial charge in [-0.2, -0.15) is 0 Å². The van der Waals surface area contributed by atoms with Gasteiger partial charge in [0.1, 0.15) is 0 Å². The van der Waals surface area contributed by atoms with E-state index in [0.29, 0.717) is 35.2 Å². The number of amides is 3. The standard InChI is InChI=1S/C20H21N5O3/c1-21-20(28)24-15-10-8-14(9-11-15)23-18(26)7-4-12-25-13-22-17-6-3-2-5-16(17)19(25)27/h2-3,5-6,8-11,13H,4,7,12H2,1H3,(H,23,26)(H2,21,24,28). The van der Waals surface area contributed by atoms with Crippen LogP contribution in [0.2, 0.25) is 0 Å². The summed E-state index contributed by atoms with van der Waals surface area (Å²) < 4.78 is 1.52. The molecule has 144 valence electrons. The van der Waals surface area contributed by atoms with Gasteiger partial charge in [-0.3, -0.25) is 14.2 Å². The number of rotatable bonds is 6. The Morgan fingerprint density at radius 3 is 2.39 bits per heavy atom. The second kappa shape index (κ2) is 8.81. The average molecular weight is 379 g/mol. The summed E-state index contributed by atoms with van der Waals surface area (Å²) in [6.45, 7) is 0.416. The number of urea groups is 1. The fourth-order valence-electron chi connectivity index (χ4n) is 2.73. The summed E-state index contributed by atoms with van der Waals surface area (Å²) in [6, 6.07) is 13.7. The molecule has 3 rings (SSSR count). The lowest BCUT2D eigenvalue weighted by atomic mass is 10.2. The maximum absolute atomic E-state index is 12.4. The summed E-state index contributed by atoms with van der Waals surface area (Å²) in [7, 11) is 1.53. The first kappa shape index (κ1) is 19.1. The molecule has 0 bridgehead atoms. The summed E-state index contributed by atoms with van der Waals surface area (Å²) in [4.78, 5) is 40.1. The summed E-state index contributed by atoms with van der Waals surface area (Å²) in [5.74, 6) is -0.145. The van der Waals surface area contributed by atoms with Crippen molar-refractivity contribution in [1.82, 2.24) is 14.9 Å². The highest BCUT2D eigenvalue weighted by Crippen LogP contribution is 2.14. The van der Waals surface area contributed by atoms with Crippen LogP contribution in [0.1, 0.15) is 12.8 Å². The Morgan fingerprint density at radius 2 is 1.68 bits per heavy atom. The Bertz CT molecular complexity index is 1040. The van der Waals surface area contributed by atoms with Crippen LogP contribution in [0, 0.1) is 0 Å². The van der Waals surface area contributed by atoms with Crippen LogP contribution in [0.15, 0.2) is 59.7 Å². The second-order valence-corrected chi connectivity index (χ2v) is 6.19. The number of aromatic nitrogens is 2. The van der Waals surface area contributed by atoms with Gasteiger partial charge in [0.25, 0.3) is 5.56 Å². The first-order valence-corrected chi connectivity index (χ1v) is 8.89. The zero-order chi connectivity index (χ0) is 19.9. The van der Waals surface area contributed by atoms with E-state index in [2.05, 4.69) is 20.9 Å². The molecule has 0 aliphatic rings. The number of aryl methyl sites for hydroxylation is 1. The molecule has 0 radical (unpaired) electrons. The topological polar surface area (TPSA) is 105 Å². The van der Waals surface area contributed by atoms with Gasteiger partial charge in [0.2, 0.25) is 5.91 Å². The molecule has 0 aliphatic heterocycles. The molecule has 3 N–H and O–H groups in total. The highest BCUT2D eigenvalue weighted by atomic mass is 16.2. The first-order valence-electron chi connectivity index (χ1n) is 8.89. The number of carbonyl (C=O) groups is 2. The Labute approximate surface area is 161 Å². The van der Waals surface area contributed by atoms with Crippen LogP contribution >= 0.6 is 0 Å². The largest absolute Gasteiger partial charge is 0.341 e. The molecule has 1 heterocycles. The number of hydrogen-bond acceptors (Lipinski definition) is 4. The molecule has 28 heavy (non-hydrogen) atoms. The number of hydrogen-bond donors (Lipinski definition) is 3. The van der Waals surface area contributed by atoms with Crippen molar-refractivity contribution >= 4 is 34.2 Å². The molecule has 0 spiro atoms. The molecule has 0 aliphatic carbocycles. The summed E-state index contributed by atoms with van der Waals surface area (Å²) in [5.41, 5.74) is 1.82. The van der Waals surface area contributed by atoms with Crippen molar-refractivity contribution in [3.63, 3.8) is 0 Å². The van der Waals surface area contributed by atoms with Crippen LogP contribution in [-0.4, -0.2) is 28.5 Å². The molecule has 0 atom stereocenters. The zero-order valence-electron chi connectivity index (χ0n) is 15.4. The van der Waals surface area contributed by atoms with E-state index in [1.807, 2.05) is 6.07 Å². The summed E-state index contributed by atoms with van der Waals surface area (Å²) >= 11 is 0. The van der Waals surface area contributed by atoms with E-state index >= 15 is 0 Å². The average Bonchev–Trinajstić information content (AvgIpc) is 2.71. The minimum atomic E-state index is -0.310. The molecule has 1 aromatic heterocycles. The molecular formula is C20H21N5O3. The van der Waals surface area contributed by atoms with Crippen molar-refractivity contribution in [2.24, 2.45) is 0 Å². The molecule has 3 aromatic rings. The number of benzene rings is 2. The van der Waals surface area contributed by atoms with E-state index < -0.39 is 0 Å². The van der Waals surface area contributed by atoms with Crippen molar-refractivity contribution in [3.8, 4) is 0 Å². The quantitative estimate of drug-likeness (QED) is 0.612.